The van der Waals surface area contributed by atoms with E-state index >= 15 is 8.78 Å². The minimum Gasteiger partial charge on any atom is -0.368 e. The molecule has 2 aliphatic heterocycles. The molecule has 4 heterocycles. The highest BCUT2D eigenvalue weighted by Crippen LogP contribution is 2.34. The van der Waals surface area contributed by atoms with Crippen molar-refractivity contribution in [2.45, 2.75) is 5.92 Å². The third-order valence-corrected chi connectivity index (χ3v) is 5.46. The first-order valence-corrected chi connectivity index (χ1v) is 10.0. The number of rotatable bonds is 4. The lowest BCUT2D eigenvalue weighted by Crippen LogP contribution is -2.19. The molecule has 0 saturated heterocycles. The summed E-state index contributed by atoms with van der Waals surface area (Å²) in [6.07, 6.45) is 0. The van der Waals surface area contributed by atoms with Crippen LogP contribution in [0.15, 0.2) is 46.4 Å². The first-order valence-electron chi connectivity index (χ1n) is 10.0. The van der Waals surface area contributed by atoms with Crippen molar-refractivity contribution < 1.29 is 8.78 Å². The van der Waals surface area contributed by atoms with Gasteiger partial charge < -0.3 is 20.6 Å². The Labute approximate surface area is 174 Å². The van der Waals surface area contributed by atoms with Crippen LogP contribution in [0.1, 0.15) is 22.8 Å². The van der Waals surface area contributed by atoms with Gasteiger partial charge in [-0.05, 0) is 36.4 Å². The maximum Gasteiger partial charge on any atom is 0.361 e. The molecule has 0 spiro atoms. The summed E-state index contributed by atoms with van der Waals surface area (Å²) in [5.41, 5.74) is 3.61. The number of aliphatic imine (C=N–C) groups is 2. The number of imidazole rings is 2. The van der Waals surface area contributed by atoms with Gasteiger partial charge >= 0.3 is 5.92 Å². The second-order valence-corrected chi connectivity index (χ2v) is 7.52. The molecule has 0 unspecified atom stereocenters. The van der Waals surface area contributed by atoms with Gasteiger partial charge in [-0.1, -0.05) is 0 Å². The molecule has 2 aliphatic rings. The number of hydrogen-bond acceptors (Lipinski definition) is 6. The first-order chi connectivity index (χ1) is 15.1. The van der Waals surface area contributed by atoms with E-state index in [0.717, 1.165) is 35.9 Å². The number of amidine groups is 2. The molecule has 10 heteroatoms. The highest BCUT2D eigenvalue weighted by molar-refractivity contribution is 6.02. The number of halogens is 2. The fourth-order valence-corrected chi connectivity index (χ4v) is 3.90. The van der Waals surface area contributed by atoms with E-state index in [4.69, 9.17) is 0 Å². The van der Waals surface area contributed by atoms with Crippen LogP contribution in [0.25, 0.3) is 22.1 Å². The average Bonchev–Trinajstić information content (AvgIpc) is 3.57. The molecule has 0 atom stereocenters. The number of nitrogens with one attached hydrogen (secondary N) is 4. The van der Waals surface area contributed by atoms with Gasteiger partial charge in [0.25, 0.3) is 0 Å². The number of nitrogens with zero attached hydrogens (tertiary/aromatic N) is 4. The van der Waals surface area contributed by atoms with Crippen LogP contribution in [0, 0.1) is 0 Å². The highest BCUT2D eigenvalue weighted by atomic mass is 19.3. The summed E-state index contributed by atoms with van der Waals surface area (Å²) in [4.78, 5) is 22.6. The topological polar surface area (TPSA) is 106 Å². The van der Waals surface area contributed by atoms with Crippen LogP contribution in [0.4, 0.5) is 8.78 Å². The minimum atomic E-state index is -3.41. The number of benzene rings is 2. The number of hydrogen-bond donors (Lipinski definition) is 4. The Hall–Kier alpha value is -3.82. The molecule has 2 aromatic heterocycles. The quantitative estimate of drug-likeness (QED) is 0.406. The Morgan fingerprint density at radius 3 is 1.61 bits per heavy atom. The van der Waals surface area contributed by atoms with Gasteiger partial charge in [0.05, 0.1) is 35.2 Å². The SMILES string of the molecule is FC(F)(c1nc2cc(C3=NCCN3)ccc2[nH]1)c1nc2cc(C3=NCCN3)ccc2[nH]1. The van der Waals surface area contributed by atoms with E-state index in [1.165, 1.54) is 0 Å². The third kappa shape index (κ3) is 2.94. The molecule has 0 saturated carbocycles. The van der Waals surface area contributed by atoms with E-state index in [0.29, 0.717) is 35.2 Å². The molecule has 6 rings (SSSR count). The molecule has 4 aromatic rings. The summed E-state index contributed by atoms with van der Waals surface area (Å²) in [5, 5.41) is 6.35. The Balaban J connectivity index is 1.37. The maximum absolute atomic E-state index is 15.3. The normalized spacial score (nSPS) is 16.5. The predicted molar refractivity (Wildman–Crippen MR) is 114 cm³/mol. The molecule has 8 nitrogen and oxygen atoms in total. The predicted octanol–water partition coefficient (Wildman–Crippen LogP) is 2.28. The van der Waals surface area contributed by atoms with Gasteiger partial charge in [0.2, 0.25) is 0 Å². The largest absolute Gasteiger partial charge is 0.368 e. The molecule has 0 radical (unpaired) electrons. The van der Waals surface area contributed by atoms with Crippen molar-refractivity contribution in [2.75, 3.05) is 26.2 Å². The molecular weight excluding hydrogens is 402 g/mol. The maximum atomic E-state index is 15.3. The fraction of sp³-hybridized carbons (Fsp3) is 0.238. The minimum absolute atomic E-state index is 0.451. The second kappa shape index (κ2) is 6.59. The van der Waals surface area contributed by atoms with E-state index in [-0.39, 0.29) is 0 Å². The van der Waals surface area contributed by atoms with E-state index < -0.39 is 17.6 Å². The second-order valence-electron chi connectivity index (χ2n) is 7.52. The Morgan fingerprint density at radius 1 is 0.710 bits per heavy atom. The van der Waals surface area contributed by atoms with Crippen LogP contribution in [-0.2, 0) is 5.92 Å². The molecule has 0 aliphatic carbocycles. The van der Waals surface area contributed by atoms with Gasteiger partial charge in [-0.2, -0.15) is 8.78 Å². The van der Waals surface area contributed by atoms with E-state index in [1.807, 2.05) is 12.1 Å². The zero-order chi connectivity index (χ0) is 21.0. The van der Waals surface area contributed by atoms with E-state index in [9.17, 15) is 0 Å². The molecule has 0 bridgehead atoms. The lowest BCUT2D eigenvalue weighted by Gasteiger charge is -2.09. The van der Waals surface area contributed by atoms with Gasteiger partial charge in [0.1, 0.15) is 11.7 Å². The summed E-state index contributed by atoms with van der Waals surface area (Å²) in [5.74, 6) is -2.81. The zero-order valence-electron chi connectivity index (χ0n) is 16.3. The van der Waals surface area contributed by atoms with Crippen molar-refractivity contribution in [3.05, 3.63) is 59.2 Å². The van der Waals surface area contributed by atoms with Crippen LogP contribution in [0.2, 0.25) is 0 Å². The highest BCUT2D eigenvalue weighted by Gasteiger charge is 2.41. The summed E-state index contributed by atoms with van der Waals surface area (Å²) >= 11 is 0. The van der Waals surface area contributed by atoms with Gasteiger partial charge in [-0.15, -0.1) is 0 Å². The van der Waals surface area contributed by atoms with Crippen molar-refractivity contribution in [2.24, 2.45) is 9.98 Å². The summed E-state index contributed by atoms with van der Waals surface area (Å²) in [6.45, 7) is 2.95. The number of aromatic nitrogens is 4. The van der Waals surface area contributed by atoms with E-state index in [1.54, 1.807) is 24.3 Å². The smallest absolute Gasteiger partial charge is 0.361 e. The third-order valence-electron chi connectivity index (χ3n) is 5.46. The van der Waals surface area contributed by atoms with Crippen LogP contribution >= 0.6 is 0 Å². The van der Waals surface area contributed by atoms with Crippen molar-refractivity contribution in [1.29, 1.82) is 0 Å². The van der Waals surface area contributed by atoms with Crippen molar-refractivity contribution in [1.82, 2.24) is 30.6 Å². The van der Waals surface area contributed by atoms with Crippen LogP contribution in [0.3, 0.4) is 0 Å². The lowest BCUT2D eigenvalue weighted by atomic mass is 10.2. The molecule has 156 valence electrons. The summed E-state index contributed by atoms with van der Waals surface area (Å²) < 4.78 is 30.6. The Kier molecular flexibility index (Phi) is 3.83. The van der Waals surface area contributed by atoms with Crippen LogP contribution < -0.4 is 10.6 Å². The van der Waals surface area contributed by atoms with Gasteiger partial charge in [-0.25, -0.2) is 9.97 Å². The number of aromatic amines is 2. The van der Waals surface area contributed by atoms with E-state index in [2.05, 4.69) is 40.6 Å². The number of fused-ring (bicyclic) bond motifs is 2. The zero-order valence-corrected chi connectivity index (χ0v) is 16.3. The molecule has 4 N–H and O–H groups in total. The molecular formula is C21H18F2N8. The summed E-state index contributed by atoms with van der Waals surface area (Å²) in [7, 11) is 0. The summed E-state index contributed by atoms with van der Waals surface area (Å²) in [6, 6.07) is 10.6. The fourth-order valence-electron chi connectivity index (χ4n) is 3.90. The lowest BCUT2D eigenvalue weighted by molar-refractivity contribution is 0.0255. The van der Waals surface area contributed by atoms with Gasteiger partial charge in [0.15, 0.2) is 11.6 Å². The van der Waals surface area contributed by atoms with Gasteiger partial charge in [0, 0.05) is 24.2 Å². The monoisotopic (exact) mass is 420 g/mol. The van der Waals surface area contributed by atoms with Crippen molar-refractivity contribution >= 4 is 33.7 Å². The van der Waals surface area contributed by atoms with Gasteiger partial charge in [-0.3, -0.25) is 9.98 Å². The molecule has 0 amide bonds. The standard InChI is InChI=1S/C21H18F2N8/c22-21(23,19-28-13-3-1-11(9-15(13)30-19)17-24-5-6-25-17)20-29-14-4-2-12(10-16(14)31-20)18-26-7-8-27-18/h1-4,9-10H,5-8H2,(H,24,25)(H,26,27)(H,28,30)(H,29,31). The first kappa shape index (κ1) is 18.0. The molecule has 31 heavy (non-hydrogen) atoms. The number of alkyl halides is 2. The Bertz CT molecular complexity index is 1280. The Morgan fingerprint density at radius 2 is 1.19 bits per heavy atom. The molecule has 0 fully saturated rings. The van der Waals surface area contributed by atoms with Crippen molar-refractivity contribution in [3.63, 3.8) is 0 Å². The number of H-pyrrole nitrogens is 2. The van der Waals surface area contributed by atoms with Crippen LogP contribution in [-0.4, -0.2) is 57.8 Å². The van der Waals surface area contributed by atoms with Crippen LogP contribution in [0.5, 0.6) is 0 Å². The van der Waals surface area contributed by atoms with Crippen molar-refractivity contribution in [3.8, 4) is 0 Å². The average molecular weight is 420 g/mol. The molecule has 2 aromatic carbocycles.